The highest BCUT2D eigenvalue weighted by atomic mass is 16.5. The van der Waals surface area contributed by atoms with E-state index in [2.05, 4.69) is 5.16 Å². The predicted octanol–water partition coefficient (Wildman–Crippen LogP) is 2.96. The van der Waals surface area contributed by atoms with Crippen LogP contribution in [0.3, 0.4) is 0 Å². The van der Waals surface area contributed by atoms with Crippen molar-refractivity contribution < 1.29 is 19.4 Å². The van der Waals surface area contributed by atoms with Gasteiger partial charge in [-0.2, -0.15) is 0 Å². The lowest BCUT2D eigenvalue weighted by Gasteiger charge is -2.11. The molecule has 0 radical (unpaired) electrons. The number of rotatable bonds is 6. The number of hydrogen-bond donors (Lipinski definition) is 1. The van der Waals surface area contributed by atoms with E-state index in [0.717, 1.165) is 11.3 Å². The molecule has 5 heteroatoms. The van der Waals surface area contributed by atoms with Gasteiger partial charge < -0.3 is 19.4 Å². The molecule has 0 aliphatic rings. The first-order chi connectivity index (χ1) is 10.3. The maximum Gasteiger partial charge on any atom is 0.161 e. The quantitative estimate of drug-likeness (QED) is 0.504. The molecule has 0 amide bonds. The minimum absolute atomic E-state index is 0.128. The lowest BCUT2D eigenvalue weighted by molar-refractivity contribution is 0.302. The number of oxime groups is 1. The fraction of sp³-hybridized carbons (Fsp3) is 0.188. The van der Waals surface area contributed by atoms with E-state index in [9.17, 15) is 0 Å². The Labute approximate surface area is 123 Å². The standard InChI is InChI=1S/C16H17NO4/c1-19-13-9-7-12(8-10-13)14(17-18)11-21-16-6-4-3-5-15(16)20-2/h3-10,18H,11H2,1-2H3/b17-14-. The molecule has 0 bridgehead atoms. The van der Waals surface area contributed by atoms with Crippen molar-refractivity contribution in [1.82, 2.24) is 0 Å². The third-order valence-corrected chi connectivity index (χ3v) is 2.98. The van der Waals surface area contributed by atoms with Gasteiger partial charge in [0.05, 0.1) is 14.2 Å². The summed E-state index contributed by atoms with van der Waals surface area (Å²) >= 11 is 0. The molecule has 0 saturated carbocycles. The van der Waals surface area contributed by atoms with Crippen molar-refractivity contribution in [3.63, 3.8) is 0 Å². The van der Waals surface area contributed by atoms with E-state index in [0.29, 0.717) is 17.2 Å². The number of para-hydroxylation sites is 2. The minimum Gasteiger partial charge on any atom is -0.497 e. The molecule has 110 valence electrons. The molecule has 2 aromatic rings. The fourth-order valence-corrected chi connectivity index (χ4v) is 1.84. The van der Waals surface area contributed by atoms with Crippen LogP contribution in [0.15, 0.2) is 53.7 Å². The van der Waals surface area contributed by atoms with Crippen molar-refractivity contribution >= 4 is 5.71 Å². The van der Waals surface area contributed by atoms with Gasteiger partial charge in [0, 0.05) is 5.56 Å². The van der Waals surface area contributed by atoms with Gasteiger partial charge in [-0.05, 0) is 36.4 Å². The van der Waals surface area contributed by atoms with Crippen LogP contribution in [0.25, 0.3) is 0 Å². The van der Waals surface area contributed by atoms with E-state index in [1.165, 1.54) is 0 Å². The van der Waals surface area contributed by atoms with Crippen LogP contribution < -0.4 is 14.2 Å². The summed E-state index contributed by atoms with van der Waals surface area (Å²) in [6.45, 7) is 0.128. The van der Waals surface area contributed by atoms with Crippen LogP contribution >= 0.6 is 0 Å². The van der Waals surface area contributed by atoms with Crippen molar-refractivity contribution in [3.8, 4) is 17.2 Å². The largest absolute Gasteiger partial charge is 0.497 e. The lowest BCUT2D eigenvalue weighted by atomic mass is 10.1. The molecule has 0 spiro atoms. The molecule has 1 N–H and O–H groups in total. The summed E-state index contributed by atoms with van der Waals surface area (Å²) in [5.41, 5.74) is 1.18. The van der Waals surface area contributed by atoms with Crippen molar-refractivity contribution in [2.24, 2.45) is 5.16 Å². The number of methoxy groups -OCH3 is 2. The maximum atomic E-state index is 9.16. The summed E-state index contributed by atoms with van der Waals surface area (Å²) in [6.07, 6.45) is 0. The second-order valence-electron chi connectivity index (χ2n) is 4.21. The van der Waals surface area contributed by atoms with Crippen LogP contribution in [-0.4, -0.2) is 31.7 Å². The van der Waals surface area contributed by atoms with Crippen molar-refractivity contribution in [2.75, 3.05) is 20.8 Å². The van der Waals surface area contributed by atoms with Gasteiger partial charge in [-0.1, -0.05) is 17.3 Å². The van der Waals surface area contributed by atoms with Gasteiger partial charge in [0.25, 0.3) is 0 Å². The number of benzene rings is 2. The summed E-state index contributed by atoms with van der Waals surface area (Å²) < 4.78 is 15.9. The summed E-state index contributed by atoms with van der Waals surface area (Å²) in [6, 6.07) is 14.5. The Morgan fingerprint density at radius 2 is 1.62 bits per heavy atom. The smallest absolute Gasteiger partial charge is 0.161 e. The van der Waals surface area contributed by atoms with Crippen LogP contribution in [0.2, 0.25) is 0 Å². The highest BCUT2D eigenvalue weighted by Gasteiger charge is 2.08. The molecule has 2 aromatic carbocycles. The zero-order valence-electron chi connectivity index (χ0n) is 11.9. The fourth-order valence-electron chi connectivity index (χ4n) is 1.84. The second kappa shape index (κ2) is 7.19. The van der Waals surface area contributed by atoms with Crippen molar-refractivity contribution in [1.29, 1.82) is 0 Å². The highest BCUT2D eigenvalue weighted by Crippen LogP contribution is 2.26. The SMILES string of the molecule is COc1ccc(/C(COc2ccccc2OC)=N\O)cc1. The molecule has 0 aliphatic heterocycles. The number of ether oxygens (including phenoxy) is 3. The molecular formula is C16H17NO4. The molecule has 0 aliphatic carbocycles. The van der Waals surface area contributed by atoms with E-state index in [1.807, 2.05) is 12.1 Å². The van der Waals surface area contributed by atoms with Crippen LogP contribution in [0, 0.1) is 0 Å². The monoisotopic (exact) mass is 287 g/mol. The average molecular weight is 287 g/mol. The van der Waals surface area contributed by atoms with Crippen LogP contribution in [-0.2, 0) is 0 Å². The van der Waals surface area contributed by atoms with Gasteiger partial charge in [0.1, 0.15) is 18.1 Å². The molecule has 0 unspecified atom stereocenters. The number of nitrogens with zero attached hydrogens (tertiary/aromatic N) is 1. The highest BCUT2D eigenvalue weighted by molar-refractivity contribution is 6.01. The Morgan fingerprint density at radius 1 is 0.952 bits per heavy atom. The molecule has 0 heterocycles. The predicted molar refractivity (Wildman–Crippen MR) is 79.8 cm³/mol. The molecule has 0 fully saturated rings. The van der Waals surface area contributed by atoms with E-state index in [-0.39, 0.29) is 6.61 Å². The maximum absolute atomic E-state index is 9.16. The van der Waals surface area contributed by atoms with E-state index in [1.54, 1.807) is 50.6 Å². The van der Waals surface area contributed by atoms with Crippen LogP contribution in [0.4, 0.5) is 0 Å². The van der Waals surface area contributed by atoms with Crippen LogP contribution in [0.5, 0.6) is 17.2 Å². The Kier molecular flexibility index (Phi) is 5.04. The van der Waals surface area contributed by atoms with Crippen molar-refractivity contribution in [2.45, 2.75) is 0 Å². The van der Waals surface area contributed by atoms with E-state index in [4.69, 9.17) is 19.4 Å². The molecule has 2 rings (SSSR count). The Bertz CT molecular complexity index is 608. The van der Waals surface area contributed by atoms with Crippen molar-refractivity contribution in [3.05, 3.63) is 54.1 Å². The Hall–Kier alpha value is -2.69. The van der Waals surface area contributed by atoms with Gasteiger partial charge >= 0.3 is 0 Å². The van der Waals surface area contributed by atoms with Gasteiger partial charge in [0.15, 0.2) is 11.5 Å². The first-order valence-corrected chi connectivity index (χ1v) is 6.39. The lowest BCUT2D eigenvalue weighted by Crippen LogP contribution is -2.13. The normalized spacial score (nSPS) is 11.0. The third kappa shape index (κ3) is 3.66. The summed E-state index contributed by atoms with van der Waals surface area (Å²) in [5, 5.41) is 12.5. The molecular weight excluding hydrogens is 270 g/mol. The summed E-state index contributed by atoms with van der Waals surface area (Å²) in [4.78, 5) is 0. The Morgan fingerprint density at radius 3 is 2.19 bits per heavy atom. The topological polar surface area (TPSA) is 60.3 Å². The van der Waals surface area contributed by atoms with E-state index < -0.39 is 0 Å². The molecule has 21 heavy (non-hydrogen) atoms. The second-order valence-corrected chi connectivity index (χ2v) is 4.21. The van der Waals surface area contributed by atoms with Gasteiger partial charge in [-0.25, -0.2) is 0 Å². The first-order valence-electron chi connectivity index (χ1n) is 6.39. The number of hydrogen-bond acceptors (Lipinski definition) is 5. The average Bonchev–Trinajstić information content (AvgIpc) is 2.56. The third-order valence-electron chi connectivity index (χ3n) is 2.98. The molecule has 0 aromatic heterocycles. The summed E-state index contributed by atoms with van der Waals surface area (Å²) in [5.74, 6) is 1.96. The first kappa shape index (κ1) is 14.7. The van der Waals surface area contributed by atoms with E-state index >= 15 is 0 Å². The zero-order valence-corrected chi connectivity index (χ0v) is 11.9. The molecule has 5 nitrogen and oxygen atoms in total. The van der Waals surface area contributed by atoms with Crippen LogP contribution in [0.1, 0.15) is 5.56 Å². The van der Waals surface area contributed by atoms with Gasteiger partial charge in [-0.15, -0.1) is 0 Å². The minimum atomic E-state index is 0.128. The zero-order chi connectivity index (χ0) is 15.1. The Balaban J connectivity index is 2.09. The van der Waals surface area contributed by atoms with Gasteiger partial charge in [-0.3, -0.25) is 0 Å². The molecule has 0 saturated heterocycles. The van der Waals surface area contributed by atoms with Gasteiger partial charge in [0.2, 0.25) is 0 Å². The molecule has 0 atom stereocenters. The summed E-state index contributed by atoms with van der Waals surface area (Å²) in [7, 11) is 3.17.